The zero-order chi connectivity index (χ0) is 17.5. The smallest absolute Gasteiger partial charge is 0.225 e. The molecule has 0 spiro atoms. The van der Waals surface area contributed by atoms with E-state index in [1.807, 2.05) is 31.2 Å². The molecule has 1 heterocycles. The number of methoxy groups -OCH3 is 2. The monoisotopic (exact) mass is 330 g/mol. The van der Waals surface area contributed by atoms with Crippen LogP contribution in [0.1, 0.15) is 25.1 Å². The average Bonchev–Trinajstić information content (AvgIpc) is 2.60. The fraction of sp³-hybridized carbons (Fsp3) is 0.444. The van der Waals surface area contributed by atoms with Gasteiger partial charge in [0.25, 0.3) is 0 Å². The highest BCUT2D eigenvalue weighted by Crippen LogP contribution is 2.27. The van der Waals surface area contributed by atoms with Gasteiger partial charge in [0, 0.05) is 31.4 Å². The molecule has 0 aliphatic heterocycles. The van der Waals surface area contributed by atoms with Gasteiger partial charge in [-0.2, -0.15) is 4.98 Å². The molecule has 0 radical (unpaired) electrons. The molecule has 1 N–H and O–H groups in total. The van der Waals surface area contributed by atoms with E-state index in [1.165, 1.54) is 0 Å². The van der Waals surface area contributed by atoms with Gasteiger partial charge in [-0.05, 0) is 38.5 Å². The number of rotatable bonds is 8. The number of anilines is 2. The van der Waals surface area contributed by atoms with Gasteiger partial charge in [-0.25, -0.2) is 4.98 Å². The Morgan fingerprint density at radius 1 is 1.00 bits per heavy atom. The van der Waals surface area contributed by atoms with Crippen LogP contribution in [0.15, 0.2) is 24.3 Å². The molecule has 6 heteroatoms. The van der Waals surface area contributed by atoms with Crippen molar-refractivity contribution in [1.29, 1.82) is 0 Å². The van der Waals surface area contributed by atoms with Crippen molar-refractivity contribution < 1.29 is 9.47 Å². The summed E-state index contributed by atoms with van der Waals surface area (Å²) in [7, 11) is 3.26. The number of ether oxygens (including phenoxy) is 2. The van der Waals surface area contributed by atoms with Crippen molar-refractivity contribution in [2.24, 2.45) is 0 Å². The van der Waals surface area contributed by atoms with Crippen LogP contribution in [0.5, 0.6) is 11.5 Å². The third kappa shape index (κ3) is 4.28. The zero-order valence-corrected chi connectivity index (χ0v) is 15.1. The number of hydrogen-bond acceptors (Lipinski definition) is 6. The number of nitrogens with zero attached hydrogens (tertiary/aromatic N) is 3. The predicted molar refractivity (Wildman–Crippen MR) is 97.2 cm³/mol. The van der Waals surface area contributed by atoms with Crippen molar-refractivity contribution in [1.82, 2.24) is 9.97 Å². The molecule has 24 heavy (non-hydrogen) atoms. The van der Waals surface area contributed by atoms with E-state index >= 15 is 0 Å². The van der Waals surface area contributed by atoms with Gasteiger partial charge in [0.05, 0.1) is 14.2 Å². The fourth-order valence-corrected chi connectivity index (χ4v) is 2.51. The molecule has 0 fully saturated rings. The van der Waals surface area contributed by atoms with Gasteiger partial charge in [0.2, 0.25) is 5.95 Å². The van der Waals surface area contributed by atoms with E-state index in [9.17, 15) is 0 Å². The Bertz CT molecular complexity index is 672. The highest BCUT2D eigenvalue weighted by atomic mass is 16.5. The van der Waals surface area contributed by atoms with Gasteiger partial charge in [-0.3, -0.25) is 0 Å². The highest BCUT2D eigenvalue weighted by Gasteiger charge is 2.08. The van der Waals surface area contributed by atoms with Crippen molar-refractivity contribution in [3.63, 3.8) is 0 Å². The third-order valence-corrected chi connectivity index (χ3v) is 3.83. The van der Waals surface area contributed by atoms with E-state index in [-0.39, 0.29) is 0 Å². The summed E-state index contributed by atoms with van der Waals surface area (Å²) in [6.45, 7) is 8.68. The summed E-state index contributed by atoms with van der Waals surface area (Å²) in [4.78, 5) is 11.3. The highest BCUT2D eigenvalue weighted by molar-refractivity contribution is 5.46. The predicted octanol–water partition coefficient (Wildman–Crippen LogP) is 3.26. The molecule has 0 aliphatic carbocycles. The number of aromatic nitrogens is 2. The SMILES string of the molecule is CCN(CC)c1cc(C)nc(NCc2ccc(OC)c(OC)c2)n1. The first kappa shape index (κ1) is 17.8. The summed E-state index contributed by atoms with van der Waals surface area (Å²) in [5.74, 6) is 3.01. The van der Waals surface area contributed by atoms with Crippen LogP contribution in [0.3, 0.4) is 0 Å². The Morgan fingerprint density at radius 3 is 2.33 bits per heavy atom. The Morgan fingerprint density at radius 2 is 1.71 bits per heavy atom. The van der Waals surface area contributed by atoms with Crippen LogP contribution in [0.4, 0.5) is 11.8 Å². The second-order valence-electron chi connectivity index (χ2n) is 5.41. The Kier molecular flexibility index (Phi) is 6.23. The normalized spacial score (nSPS) is 10.4. The summed E-state index contributed by atoms with van der Waals surface area (Å²) in [5.41, 5.74) is 2.02. The van der Waals surface area contributed by atoms with E-state index in [2.05, 4.69) is 34.0 Å². The molecule has 2 aromatic rings. The van der Waals surface area contributed by atoms with E-state index < -0.39 is 0 Å². The van der Waals surface area contributed by atoms with E-state index in [0.717, 1.165) is 35.9 Å². The van der Waals surface area contributed by atoms with Gasteiger partial charge in [0.15, 0.2) is 11.5 Å². The van der Waals surface area contributed by atoms with Crippen molar-refractivity contribution in [2.45, 2.75) is 27.3 Å². The average molecular weight is 330 g/mol. The van der Waals surface area contributed by atoms with Gasteiger partial charge >= 0.3 is 0 Å². The maximum Gasteiger partial charge on any atom is 0.225 e. The molecule has 0 saturated heterocycles. The summed E-state index contributed by atoms with van der Waals surface area (Å²) >= 11 is 0. The lowest BCUT2D eigenvalue weighted by Crippen LogP contribution is -2.23. The van der Waals surface area contributed by atoms with Gasteiger partial charge in [-0.15, -0.1) is 0 Å². The maximum atomic E-state index is 5.34. The zero-order valence-electron chi connectivity index (χ0n) is 15.1. The van der Waals surface area contributed by atoms with Crippen LogP contribution in [0.2, 0.25) is 0 Å². The first-order valence-corrected chi connectivity index (χ1v) is 8.16. The molecule has 6 nitrogen and oxygen atoms in total. The number of aryl methyl sites for hydroxylation is 1. The molecule has 0 bridgehead atoms. The summed E-state index contributed by atoms with van der Waals surface area (Å²) in [5, 5.41) is 3.29. The van der Waals surface area contributed by atoms with Crippen LogP contribution in [0.25, 0.3) is 0 Å². The van der Waals surface area contributed by atoms with Gasteiger partial charge in [0.1, 0.15) is 5.82 Å². The van der Waals surface area contributed by atoms with Crippen molar-refractivity contribution in [3.05, 3.63) is 35.5 Å². The molecule has 0 saturated carbocycles. The van der Waals surface area contributed by atoms with Gasteiger partial charge in [-0.1, -0.05) is 6.07 Å². The molecule has 0 atom stereocenters. The lowest BCUT2D eigenvalue weighted by atomic mass is 10.2. The topological polar surface area (TPSA) is 59.5 Å². The third-order valence-electron chi connectivity index (χ3n) is 3.83. The van der Waals surface area contributed by atoms with Crippen molar-refractivity contribution in [2.75, 3.05) is 37.5 Å². The van der Waals surface area contributed by atoms with Crippen LogP contribution >= 0.6 is 0 Å². The first-order valence-electron chi connectivity index (χ1n) is 8.16. The molecule has 0 amide bonds. The molecule has 2 rings (SSSR count). The molecule has 130 valence electrons. The lowest BCUT2D eigenvalue weighted by molar-refractivity contribution is 0.354. The van der Waals surface area contributed by atoms with E-state index in [0.29, 0.717) is 18.2 Å². The molecular weight excluding hydrogens is 304 g/mol. The second-order valence-corrected chi connectivity index (χ2v) is 5.41. The Balaban J connectivity index is 2.14. The van der Waals surface area contributed by atoms with Crippen molar-refractivity contribution >= 4 is 11.8 Å². The minimum Gasteiger partial charge on any atom is -0.493 e. The molecule has 1 aromatic heterocycles. The summed E-state index contributed by atoms with van der Waals surface area (Å²) in [6.07, 6.45) is 0. The molecular formula is C18H26N4O2. The second kappa shape index (κ2) is 8.38. The molecule has 1 aromatic carbocycles. The summed E-state index contributed by atoms with van der Waals surface area (Å²) in [6, 6.07) is 7.85. The molecule has 0 aliphatic rings. The van der Waals surface area contributed by atoms with E-state index in [1.54, 1.807) is 14.2 Å². The molecule has 0 unspecified atom stereocenters. The summed E-state index contributed by atoms with van der Waals surface area (Å²) < 4.78 is 10.6. The minimum atomic E-state index is 0.613. The maximum absolute atomic E-state index is 5.34. The minimum absolute atomic E-state index is 0.613. The van der Waals surface area contributed by atoms with Crippen molar-refractivity contribution in [3.8, 4) is 11.5 Å². The number of nitrogens with one attached hydrogen (secondary N) is 1. The van der Waals surface area contributed by atoms with Crippen LogP contribution in [-0.2, 0) is 6.54 Å². The number of benzene rings is 1. The largest absolute Gasteiger partial charge is 0.493 e. The van der Waals surface area contributed by atoms with Crippen LogP contribution in [-0.4, -0.2) is 37.3 Å². The van der Waals surface area contributed by atoms with E-state index in [4.69, 9.17) is 9.47 Å². The number of hydrogen-bond donors (Lipinski definition) is 1. The Hall–Kier alpha value is -2.50. The van der Waals surface area contributed by atoms with Crippen LogP contribution < -0.4 is 19.7 Å². The van der Waals surface area contributed by atoms with Crippen LogP contribution in [0, 0.1) is 6.92 Å². The Labute approximate surface area is 143 Å². The van der Waals surface area contributed by atoms with Gasteiger partial charge < -0.3 is 19.7 Å². The standard InChI is InChI=1S/C18H26N4O2/c1-6-22(7-2)17-10-13(3)20-18(21-17)19-12-14-8-9-15(23-4)16(11-14)24-5/h8-11H,6-7,12H2,1-5H3,(H,19,20,21). The quantitative estimate of drug-likeness (QED) is 0.802. The lowest BCUT2D eigenvalue weighted by Gasteiger charge is -2.20. The fourth-order valence-electron chi connectivity index (χ4n) is 2.51. The first-order chi connectivity index (χ1) is 11.6.